The summed E-state index contributed by atoms with van der Waals surface area (Å²) in [7, 11) is 0. The number of likely N-dealkylation sites (tertiary alicyclic amines) is 1. The lowest BCUT2D eigenvalue weighted by Gasteiger charge is -2.24. The number of rotatable bonds is 2. The lowest BCUT2D eigenvalue weighted by molar-refractivity contribution is -0.122. The summed E-state index contributed by atoms with van der Waals surface area (Å²) in [6.45, 7) is 5.42. The van der Waals surface area contributed by atoms with Crippen LogP contribution in [-0.2, 0) is 22.7 Å². The van der Waals surface area contributed by atoms with Crippen molar-refractivity contribution in [3.63, 3.8) is 0 Å². The molecule has 6 nitrogen and oxygen atoms in total. The summed E-state index contributed by atoms with van der Waals surface area (Å²) in [6, 6.07) is 16.5. The quantitative estimate of drug-likeness (QED) is 0.385. The van der Waals surface area contributed by atoms with Gasteiger partial charge >= 0.3 is 0 Å². The number of hydrogen-bond donors (Lipinski definition) is 1. The first-order valence-electron chi connectivity index (χ1n) is 13.7. The smallest absolute Gasteiger partial charge is 0.259 e. The minimum absolute atomic E-state index is 0. The molecule has 2 aromatic heterocycles. The minimum atomic E-state index is -0.308. The van der Waals surface area contributed by atoms with E-state index in [9.17, 15) is 9.59 Å². The molecule has 190 valence electrons. The van der Waals surface area contributed by atoms with Gasteiger partial charge in [0.25, 0.3) is 11.8 Å². The molecule has 3 aliphatic rings. The highest BCUT2D eigenvalue weighted by molar-refractivity contribution is 6.50. The van der Waals surface area contributed by atoms with Crippen LogP contribution in [0.5, 0.6) is 0 Å². The Labute approximate surface area is 218 Å². The lowest BCUT2D eigenvalue weighted by atomic mass is 9.95. The Kier molecular flexibility index (Phi) is 5.50. The molecule has 1 atom stereocenters. The van der Waals surface area contributed by atoms with Crippen LogP contribution in [0.25, 0.3) is 33.0 Å². The van der Waals surface area contributed by atoms with E-state index in [1.165, 1.54) is 32.4 Å². The second-order valence-corrected chi connectivity index (χ2v) is 10.8. The second kappa shape index (κ2) is 9.03. The molecule has 2 aromatic carbocycles. The monoisotopic (exact) mass is 494 g/mol. The molecule has 0 spiro atoms. The summed E-state index contributed by atoms with van der Waals surface area (Å²) in [6.07, 6.45) is 10.2. The van der Waals surface area contributed by atoms with E-state index in [2.05, 4.69) is 68.1 Å². The zero-order valence-corrected chi connectivity index (χ0v) is 21.1. The fourth-order valence-corrected chi connectivity index (χ4v) is 6.76. The number of fused-ring (bicyclic) bond motifs is 12. The van der Waals surface area contributed by atoms with E-state index in [0.717, 1.165) is 65.4 Å². The van der Waals surface area contributed by atoms with Gasteiger partial charge in [0.05, 0.1) is 11.1 Å². The van der Waals surface area contributed by atoms with Gasteiger partial charge in [-0.15, -0.1) is 0 Å². The maximum absolute atomic E-state index is 13.3. The van der Waals surface area contributed by atoms with Crippen LogP contribution in [-0.4, -0.2) is 45.5 Å². The van der Waals surface area contributed by atoms with Crippen molar-refractivity contribution in [1.82, 2.24) is 19.4 Å². The van der Waals surface area contributed by atoms with Crippen LogP contribution in [0.3, 0.4) is 0 Å². The van der Waals surface area contributed by atoms with Gasteiger partial charge in [-0.1, -0.05) is 36.4 Å². The molecule has 1 unspecified atom stereocenters. The number of aryl methyl sites for hydroxylation is 2. The van der Waals surface area contributed by atoms with Crippen molar-refractivity contribution in [3.05, 3.63) is 72.1 Å². The molecule has 3 aliphatic heterocycles. The molecule has 0 saturated carbocycles. The first kappa shape index (κ1) is 22.5. The molecule has 4 aromatic rings. The van der Waals surface area contributed by atoms with E-state index in [1.807, 2.05) is 12.1 Å². The minimum Gasteiger partial charge on any atom is -0.347 e. The number of imide groups is 1. The van der Waals surface area contributed by atoms with Gasteiger partial charge in [-0.05, 0) is 63.2 Å². The van der Waals surface area contributed by atoms with E-state index < -0.39 is 0 Å². The number of carbonyl (C=O) groups is 2. The van der Waals surface area contributed by atoms with Crippen LogP contribution >= 0.6 is 0 Å². The van der Waals surface area contributed by atoms with Crippen molar-refractivity contribution in [2.45, 2.75) is 45.2 Å². The van der Waals surface area contributed by atoms with Crippen molar-refractivity contribution < 1.29 is 11.0 Å². The van der Waals surface area contributed by atoms with Gasteiger partial charge < -0.3 is 14.0 Å². The van der Waals surface area contributed by atoms with E-state index >= 15 is 0 Å². The average Bonchev–Trinajstić information content (AvgIpc) is 3.68. The highest BCUT2D eigenvalue weighted by Gasteiger charge is 2.35. The number of benzene rings is 2. The number of para-hydroxylation sites is 2. The SMILES string of the molecule is O=C1NC(=O)C2=C1c1cn(c3ccccc13)CCCC(CN1CCCC1)CCn1cc2c2ccccc21.[HH]. The third-order valence-corrected chi connectivity index (χ3v) is 8.55. The van der Waals surface area contributed by atoms with Crippen LogP contribution in [0.1, 0.15) is 44.7 Å². The van der Waals surface area contributed by atoms with Crippen molar-refractivity contribution in [1.29, 1.82) is 0 Å². The normalized spacial score (nSPS) is 21.0. The first-order valence-corrected chi connectivity index (χ1v) is 13.7. The predicted octanol–water partition coefficient (Wildman–Crippen LogP) is 5.31. The lowest BCUT2D eigenvalue weighted by Crippen LogP contribution is -2.27. The molecule has 7 rings (SSSR count). The maximum atomic E-state index is 13.3. The number of nitrogens with zero attached hydrogens (tertiary/aromatic N) is 3. The molecule has 2 amide bonds. The summed E-state index contributed by atoms with van der Waals surface area (Å²) in [4.78, 5) is 29.2. The molecular formula is C31H34N4O2. The Hall–Kier alpha value is -3.64. The first-order chi connectivity index (χ1) is 18.2. The van der Waals surface area contributed by atoms with Gasteiger partial charge in [0, 0.05) is 66.4 Å². The van der Waals surface area contributed by atoms with E-state index in [4.69, 9.17) is 0 Å². The number of carbonyl (C=O) groups excluding carboxylic acids is 2. The number of hydrogen-bond acceptors (Lipinski definition) is 3. The highest BCUT2D eigenvalue weighted by atomic mass is 16.2. The molecule has 1 N–H and O–H groups in total. The van der Waals surface area contributed by atoms with Crippen LogP contribution < -0.4 is 5.32 Å². The molecule has 1 fully saturated rings. The third kappa shape index (κ3) is 3.82. The third-order valence-electron chi connectivity index (χ3n) is 8.55. The van der Waals surface area contributed by atoms with Gasteiger partial charge in [-0.2, -0.15) is 0 Å². The Morgan fingerprint density at radius 3 is 1.89 bits per heavy atom. The molecule has 0 radical (unpaired) electrons. The maximum Gasteiger partial charge on any atom is 0.259 e. The Morgan fingerprint density at radius 1 is 0.703 bits per heavy atom. The molecule has 37 heavy (non-hydrogen) atoms. The summed E-state index contributed by atoms with van der Waals surface area (Å²) in [5.41, 5.74) is 4.91. The fraction of sp³-hybridized carbons (Fsp3) is 0.355. The summed E-state index contributed by atoms with van der Waals surface area (Å²) < 4.78 is 4.59. The zero-order valence-electron chi connectivity index (χ0n) is 21.1. The van der Waals surface area contributed by atoms with Crippen molar-refractivity contribution >= 4 is 44.8 Å². The topological polar surface area (TPSA) is 59.3 Å². The van der Waals surface area contributed by atoms with Crippen molar-refractivity contribution in [2.75, 3.05) is 19.6 Å². The molecule has 0 aliphatic carbocycles. The number of amides is 2. The molecule has 1 saturated heterocycles. The molecule has 5 heterocycles. The molecular weight excluding hydrogens is 460 g/mol. The Morgan fingerprint density at radius 2 is 1.27 bits per heavy atom. The van der Waals surface area contributed by atoms with Gasteiger partial charge in [0.2, 0.25) is 0 Å². The highest BCUT2D eigenvalue weighted by Crippen LogP contribution is 2.39. The van der Waals surface area contributed by atoms with Crippen LogP contribution in [0.15, 0.2) is 60.9 Å². The van der Waals surface area contributed by atoms with Crippen molar-refractivity contribution in [3.8, 4) is 0 Å². The second-order valence-electron chi connectivity index (χ2n) is 10.8. The van der Waals surface area contributed by atoms with Crippen molar-refractivity contribution in [2.24, 2.45) is 5.92 Å². The van der Waals surface area contributed by atoms with Gasteiger partial charge in [0.1, 0.15) is 0 Å². The van der Waals surface area contributed by atoms with Crippen LogP contribution in [0.4, 0.5) is 0 Å². The van der Waals surface area contributed by atoms with Gasteiger partial charge in [-0.25, -0.2) is 0 Å². The zero-order chi connectivity index (χ0) is 24.9. The number of aromatic nitrogens is 2. The predicted molar refractivity (Wildman–Crippen MR) is 149 cm³/mol. The van der Waals surface area contributed by atoms with Gasteiger partial charge in [-0.3, -0.25) is 14.9 Å². The van der Waals surface area contributed by atoms with E-state index in [-0.39, 0.29) is 13.2 Å². The molecule has 4 bridgehead atoms. The Bertz CT molecular complexity index is 1570. The van der Waals surface area contributed by atoms with Crippen LogP contribution in [0.2, 0.25) is 0 Å². The Balaban J connectivity index is 0.00000264. The number of nitrogens with one attached hydrogen (secondary N) is 1. The summed E-state index contributed by atoms with van der Waals surface area (Å²) in [5, 5.41) is 4.65. The fourth-order valence-electron chi connectivity index (χ4n) is 6.76. The van der Waals surface area contributed by atoms with Gasteiger partial charge in [0.15, 0.2) is 0 Å². The summed E-state index contributed by atoms with van der Waals surface area (Å²) in [5.74, 6) is 0.00864. The average molecular weight is 495 g/mol. The molecule has 6 heteroatoms. The van der Waals surface area contributed by atoms with E-state index in [1.54, 1.807) is 0 Å². The standard InChI is InChI=1S/C31H32N4O2.H2/c36-30-28-24-19-34(26-11-3-1-9-22(24)26)16-7-8-21(18-33-14-5-6-15-33)13-17-35-20-25(29(28)31(37)32-30)23-10-2-4-12-27(23)35;/h1-4,9-12,19-21H,5-8,13-18H2,(H,32,36,37);1H. The largest absolute Gasteiger partial charge is 0.347 e. The van der Waals surface area contributed by atoms with Crippen LogP contribution in [0, 0.1) is 5.92 Å². The van der Waals surface area contributed by atoms with E-state index in [0.29, 0.717) is 17.1 Å². The summed E-state index contributed by atoms with van der Waals surface area (Å²) >= 11 is 0.